The maximum absolute atomic E-state index is 15.0. The molecule has 3 aromatic carbocycles. The molecule has 6 heteroatoms. The summed E-state index contributed by atoms with van der Waals surface area (Å²) in [5.41, 5.74) is 4.93. The van der Waals surface area contributed by atoms with Gasteiger partial charge in [0.05, 0.1) is 16.9 Å². The lowest BCUT2D eigenvalue weighted by atomic mass is 9.54. The molecule has 0 spiro atoms. The predicted molar refractivity (Wildman–Crippen MR) is 273 cm³/mol. The lowest BCUT2D eigenvalue weighted by Gasteiger charge is -2.48. The summed E-state index contributed by atoms with van der Waals surface area (Å²) in [4.78, 5) is 33.5. The Morgan fingerprint density at radius 2 is 1.40 bits per heavy atom. The number of nitrogens with zero attached hydrogens (tertiary/aromatic N) is 2. The van der Waals surface area contributed by atoms with Gasteiger partial charge in [-0.25, -0.2) is 4.98 Å². The Morgan fingerprint density at radius 1 is 0.794 bits per heavy atom. The summed E-state index contributed by atoms with van der Waals surface area (Å²) in [6.07, 6.45) is 9.50. The van der Waals surface area contributed by atoms with E-state index < -0.39 is 15.6 Å². The number of carbonyl (C=O) groups is 2. The zero-order chi connectivity index (χ0) is 46.9. The number of imidazole rings is 1. The van der Waals surface area contributed by atoms with Crippen LogP contribution in [0.25, 0.3) is 17.1 Å². The van der Waals surface area contributed by atoms with Crippen LogP contribution in [0.5, 0.6) is 0 Å². The average molecular weight is 883 g/mol. The summed E-state index contributed by atoms with van der Waals surface area (Å²) in [6.45, 7) is 36.7. The quantitative estimate of drug-likeness (QED) is 0.0830. The molecule has 0 amide bonds. The normalized spacial score (nSPS) is 15.2. The van der Waals surface area contributed by atoms with E-state index in [1.54, 1.807) is 6.20 Å². The standard InChI is InChI=1S/C54H77FN2O2S.C2H6.CH4/c1-16-46(58)54(15,50(7,8)9)35-39(3)53(14,37-51(10,11)36-44(49(4,5)6)41-26-18-17-19-27-41)47(59)29-23-21-25-40-30-31-42(43(34-40)52(12,13)60-55)48-56-32-33-57(48)45-28-22-20-24-38(45)2;1-2;/h17-20,22,24,26-28,30-34,39,44H,16,21,23,25,29,35-37H2,1-15H3;1-2H3;1H4. The number of para-hydroxylation sites is 1. The van der Waals surface area contributed by atoms with Crippen molar-refractivity contribution < 1.29 is 13.5 Å². The molecule has 4 unspecified atom stereocenters. The molecule has 0 aliphatic carbocycles. The second-order valence-corrected chi connectivity index (χ2v) is 22.9. The van der Waals surface area contributed by atoms with Gasteiger partial charge in [-0.3, -0.25) is 14.2 Å². The molecule has 0 N–H and O–H groups in total. The highest BCUT2D eigenvalue weighted by Gasteiger charge is 2.50. The summed E-state index contributed by atoms with van der Waals surface area (Å²) >= 11 is 0.356. The van der Waals surface area contributed by atoms with Crippen LogP contribution >= 0.6 is 12.1 Å². The number of unbranched alkanes of at least 4 members (excludes halogenated alkanes) is 1. The van der Waals surface area contributed by atoms with Crippen molar-refractivity contribution in [3.8, 4) is 17.1 Å². The minimum atomic E-state index is -0.790. The van der Waals surface area contributed by atoms with Gasteiger partial charge in [0.1, 0.15) is 17.4 Å². The summed E-state index contributed by atoms with van der Waals surface area (Å²) in [7, 11) is 0. The lowest BCUT2D eigenvalue weighted by Crippen LogP contribution is -2.46. The fourth-order valence-corrected chi connectivity index (χ4v) is 10.0. The van der Waals surface area contributed by atoms with Crippen LogP contribution in [0.3, 0.4) is 0 Å². The largest absolute Gasteiger partial charge is 0.300 e. The van der Waals surface area contributed by atoms with Crippen molar-refractivity contribution >= 4 is 23.7 Å². The summed E-state index contributed by atoms with van der Waals surface area (Å²) < 4.78 is 16.0. The molecule has 63 heavy (non-hydrogen) atoms. The molecule has 1 aromatic heterocycles. The van der Waals surface area contributed by atoms with Crippen molar-refractivity contribution in [1.82, 2.24) is 9.55 Å². The maximum atomic E-state index is 15.0. The Hall–Kier alpha value is -3.51. The van der Waals surface area contributed by atoms with Crippen molar-refractivity contribution in [3.63, 3.8) is 0 Å². The van der Waals surface area contributed by atoms with E-state index in [1.165, 1.54) is 5.56 Å². The maximum Gasteiger partial charge on any atom is 0.144 e. The topological polar surface area (TPSA) is 52.0 Å². The minimum absolute atomic E-state index is 0. The molecule has 350 valence electrons. The number of carbonyl (C=O) groups excluding carboxylic acids is 2. The van der Waals surface area contributed by atoms with Crippen molar-refractivity contribution in [1.29, 1.82) is 0 Å². The van der Waals surface area contributed by atoms with E-state index in [1.807, 2.05) is 52.9 Å². The zero-order valence-electron chi connectivity index (χ0n) is 41.9. The monoisotopic (exact) mass is 883 g/mol. The number of hydrogen-bond acceptors (Lipinski definition) is 4. The first-order chi connectivity index (χ1) is 28.8. The van der Waals surface area contributed by atoms with Crippen molar-refractivity contribution in [2.45, 2.75) is 187 Å². The lowest BCUT2D eigenvalue weighted by molar-refractivity contribution is -0.141. The Balaban J connectivity index is 0.00000448. The Kier molecular flexibility index (Phi) is 20.0. The molecule has 0 aliphatic rings. The molecule has 0 saturated carbocycles. The van der Waals surface area contributed by atoms with E-state index >= 15 is 0 Å². The Bertz CT molecular complexity index is 2050. The molecule has 1 heterocycles. The molecule has 4 aromatic rings. The smallest absolute Gasteiger partial charge is 0.144 e. The second-order valence-electron chi connectivity index (χ2n) is 21.8. The third kappa shape index (κ3) is 13.5. The number of rotatable bonds is 20. The van der Waals surface area contributed by atoms with Crippen LogP contribution in [0, 0.1) is 39.9 Å². The first-order valence-corrected chi connectivity index (χ1v) is 24.2. The van der Waals surface area contributed by atoms with E-state index in [4.69, 9.17) is 4.98 Å². The number of benzene rings is 3. The minimum Gasteiger partial charge on any atom is -0.300 e. The molecule has 0 saturated heterocycles. The number of halogens is 1. The van der Waals surface area contributed by atoms with Crippen molar-refractivity contribution in [3.05, 3.63) is 107 Å². The van der Waals surface area contributed by atoms with Crippen LogP contribution in [-0.4, -0.2) is 21.1 Å². The van der Waals surface area contributed by atoms with Gasteiger partial charge in [0.25, 0.3) is 0 Å². The molecular weight excluding hydrogens is 796 g/mol. The number of hydrogen-bond donors (Lipinski definition) is 0. The molecule has 4 rings (SSSR count). The van der Waals surface area contributed by atoms with Gasteiger partial charge in [0, 0.05) is 47.3 Å². The van der Waals surface area contributed by atoms with E-state index in [0.717, 1.165) is 65.9 Å². The first-order valence-electron chi connectivity index (χ1n) is 23.5. The number of aromatic nitrogens is 2. The van der Waals surface area contributed by atoms with Crippen LogP contribution in [0.1, 0.15) is 191 Å². The number of Topliss-reactive ketones (excluding diaryl/α,β-unsaturated/α-hetero) is 2. The molecule has 0 radical (unpaired) electrons. The van der Waals surface area contributed by atoms with Crippen molar-refractivity contribution in [2.75, 3.05) is 0 Å². The van der Waals surface area contributed by atoms with E-state index in [9.17, 15) is 13.5 Å². The Morgan fingerprint density at radius 3 is 1.95 bits per heavy atom. The SMILES string of the molecule is C.CC.CCC(=O)C(C)(CC(C)C(C)(CC(C)(C)CC(c1ccccc1)C(C)(C)C)C(=O)CCCCc1ccc(-c2nccn2-c2ccccc2C)c(C(C)(C)SF)c1)C(C)(C)C. The highest BCUT2D eigenvalue weighted by molar-refractivity contribution is 7.95. The highest BCUT2D eigenvalue weighted by Crippen LogP contribution is 2.54. The van der Waals surface area contributed by atoms with Crippen LogP contribution in [0.4, 0.5) is 3.89 Å². The molecule has 0 bridgehead atoms. The summed E-state index contributed by atoms with van der Waals surface area (Å²) in [6, 6.07) is 25.4. The number of ketones is 2. The molecule has 4 nitrogen and oxygen atoms in total. The van der Waals surface area contributed by atoms with Crippen LogP contribution < -0.4 is 0 Å². The van der Waals surface area contributed by atoms with Gasteiger partial charge in [-0.15, -0.1) is 0 Å². The van der Waals surface area contributed by atoms with Crippen LogP contribution in [-0.2, 0) is 20.8 Å². The fourth-order valence-electron chi connectivity index (χ4n) is 9.75. The van der Waals surface area contributed by atoms with Gasteiger partial charge >= 0.3 is 0 Å². The van der Waals surface area contributed by atoms with Gasteiger partial charge < -0.3 is 0 Å². The average Bonchev–Trinajstić information content (AvgIpc) is 3.70. The second kappa shape index (κ2) is 22.6. The molecule has 0 aliphatic heterocycles. The highest BCUT2D eigenvalue weighted by atomic mass is 32.2. The third-order valence-corrected chi connectivity index (χ3v) is 14.8. The van der Waals surface area contributed by atoms with Crippen LogP contribution in [0.15, 0.2) is 85.2 Å². The van der Waals surface area contributed by atoms with Crippen molar-refractivity contribution in [2.24, 2.45) is 33.0 Å². The van der Waals surface area contributed by atoms with E-state index in [0.29, 0.717) is 43.1 Å². The van der Waals surface area contributed by atoms with Crippen LogP contribution in [0.2, 0.25) is 0 Å². The molecule has 4 atom stereocenters. The zero-order valence-corrected chi connectivity index (χ0v) is 42.7. The third-order valence-electron chi connectivity index (χ3n) is 14.2. The molecular formula is C57H87FN2O2S. The Labute approximate surface area is 389 Å². The van der Waals surface area contributed by atoms with E-state index in [2.05, 4.69) is 148 Å². The first kappa shape index (κ1) is 55.6. The van der Waals surface area contributed by atoms with E-state index in [-0.39, 0.29) is 35.4 Å². The molecule has 0 fully saturated rings. The van der Waals surface area contributed by atoms with Gasteiger partial charge in [0.2, 0.25) is 0 Å². The number of aryl methyl sites for hydroxylation is 2. The van der Waals surface area contributed by atoms with Gasteiger partial charge in [-0.05, 0) is 116 Å². The summed E-state index contributed by atoms with van der Waals surface area (Å²) in [5.74, 6) is 1.67. The summed E-state index contributed by atoms with van der Waals surface area (Å²) in [5, 5.41) is 0. The fraction of sp³-hybridized carbons (Fsp3) is 0.596. The van der Waals surface area contributed by atoms with Gasteiger partial charge in [0.15, 0.2) is 0 Å². The van der Waals surface area contributed by atoms with Gasteiger partial charge in [-0.2, -0.15) is 3.89 Å². The van der Waals surface area contributed by atoms with Gasteiger partial charge in [-0.1, -0.05) is 171 Å². The predicted octanol–water partition coefficient (Wildman–Crippen LogP) is 17.3.